The van der Waals surface area contributed by atoms with E-state index in [0.29, 0.717) is 0 Å². The Morgan fingerprint density at radius 1 is 0.773 bits per heavy atom. The molecule has 110 valence electrons. The highest BCUT2D eigenvalue weighted by molar-refractivity contribution is 7.65. The van der Waals surface area contributed by atoms with Crippen molar-refractivity contribution in [3.05, 3.63) is 82.9 Å². The van der Waals surface area contributed by atoms with E-state index in [1.165, 1.54) is 33.0 Å². The van der Waals surface area contributed by atoms with Crippen molar-refractivity contribution >= 4 is 50.0 Å². The van der Waals surface area contributed by atoms with Gasteiger partial charge in [0, 0.05) is 5.54 Å². The SMILES string of the molecule is Cl[Si](Cl)(Cl)C1c2ccccc2Cc2ccc3ccccc3c21. The lowest BCUT2D eigenvalue weighted by Gasteiger charge is -2.32. The second kappa shape index (κ2) is 5.28. The highest BCUT2D eigenvalue weighted by Crippen LogP contribution is 2.49. The summed E-state index contributed by atoms with van der Waals surface area (Å²) in [7, 11) is 0. The highest BCUT2D eigenvalue weighted by atomic mass is 35.8. The van der Waals surface area contributed by atoms with Gasteiger partial charge in [0.15, 0.2) is 0 Å². The zero-order chi connectivity index (χ0) is 15.3. The minimum Gasteiger partial charge on any atom is -0.125 e. The summed E-state index contributed by atoms with van der Waals surface area (Å²) in [6.45, 7) is 0. The molecule has 0 N–H and O–H groups in total. The number of fused-ring (bicyclic) bond motifs is 4. The molecule has 1 atom stereocenters. The molecule has 0 nitrogen and oxygen atoms in total. The van der Waals surface area contributed by atoms with Crippen molar-refractivity contribution < 1.29 is 0 Å². The van der Waals surface area contributed by atoms with Gasteiger partial charge in [-0.25, -0.2) is 0 Å². The second-order valence-corrected chi connectivity index (χ2v) is 14.5. The normalized spacial score (nSPS) is 17.1. The van der Waals surface area contributed by atoms with Crippen LogP contribution < -0.4 is 0 Å². The van der Waals surface area contributed by atoms with Crippen LogP contribution in [0.5, 0.6) is 0 Å². The lowest BCUT2D eigenvalue weighted by atomic mass is 9.83. The summed E-state index contributed by atoms with van der Waals surface area (Å²) < 4.78 is 0. The molecular formula is C18H13Cl3Si. The first-order valence-electron chi connectivity index (χ1n) is 7.21. The summed E-state index contributed by atoms with van der Waals surface area (Å²) >= 11 is 19.6. The quantitative estimate of drug-likeness (QED) is 0.363. The van der Waals surface area contributed by atoms with E-state index in [2.05, 4.69) is 48.5 Å². The molecule has 4 rings (SSSR count). The van der Waals surface area contributed by atoms with Crippen molar-refractivity contribution in [3.63, 3.8) is 0 Å². The molecule has 0 bridgehead atoms. The number of halogens is 3. The maximum Gasteiger partial charge on any atom is 0.352 e. The number of rotatable bonds is 1. The third kappa shape index (κ3) is 2.28. The van der Waals surface area contributed by atoms with Gasteiger partial charge in [-0.2, -0.15) is 0 Å². The summed E-state index contributed by atoms with van der Waals surface area (Å²) in [5, 5.41) is 2.41. The van der Waals surface area contributed by atoms with E-state index in [0.717, 1.165) is 6.42 Å². The maximum atomic E-state index is 6.54. The van der Waals surface area contributed by atoms with Gasteiger partial charge in [0.05, 0.1) is 0 Å². The summed E-state index contributed by atoms with van der Waals surface area (Å²) in [4.78, 5) is 0. The third-order valence-electron chi connectivity index (χ3n) is 4.42. The number of benzene rings is 3. The fourth-order valence-corrected chi connectivity index (χ4v) is 6.86. The second-order valence-electron chi connectivity index (χ2n) is 5.71. The Kier molecular flexibility index (Phi) is 3.50. The molecule has 3 aromatic rings. The molecule has 0 heterocycles. The number of hydrogen-bond donors (Lipinski definition) is 0. The Hall–Kier alpha value is -0.993. The fraction of sp³-hybridized carbons (Fsp3) is 0.111. The largest absolute Gasteiger partial charge is 0.352 e. The molecule has 22 heavy (non-hydrogen) atoms. The molecule has 0 saturated carbocycles. The molecule has 1 aliphatic carbocycles. The molecular weight excluding hydrogens is 351 g/mol. The standard InChI is InChI=1S/C18H13Cl3Si/c19-22(20,21)18-16-8-4-2-6-13(16)11-14-10-9-12-5-1-3-7-15(12)17(14)18/h1-10,18H,11H2. The molecule has 0 spiro atoms. The van der Waals surface area contributed by atoms with E-state index >= 15 is 0 Å². The fourth-order valence-electron chi connectivity index (χ4n) is 3.51. The minimum absolute atomic E-state index is 0.108. The van der Waals surface area contributed by atoms with Gasteiger partial charge in [0.25, 0.3) is 0 Å². The maximum absolute atomic E-state index is 6.54. The molecule has 0 radical (unpaired) electrons. The monoisotopic (exact) mass is 362 g/mol. The van der Waals surface area contributed by atoms with Crippen LogP contribution in [-0.2, 0) is 6.42 Å². The molecule has 0 aromatic heterocycles. The summed E-state index contributed by atoms with van der Waals surface area (Å²) in [6, 6.07) is 18.1. The van der Waals surface area contributed by atoms with Crippen LogP contribution in [0.2, 0.25) is 0 Å². The summed E-state index contributed by atoms with van der Waals surface area (Å²) in [5.41, 5.74) is 4.83. The molecule has 0 fully saturated rings. The molecule has 3 aromatic carbocycles. The molecule has 0 amide bonds. The van der Waals surface area contributed by atoms with Crippen LogP contribution in [-0.4, -0.2) is 6.00 Å². The van der Waals surface area contributed by atoms with E-state index in [-0.39, 0.29) is 5.54 Å². The van der Waals surface area contributed by atoms with Crippen molar-refractivity contribution in [1.82, 2.24) is 0 Å². The smallest absolute Gasteiger partial charge is 0.125 e. The van der Waals surface area contributed by atoms with Crippen LogP contribution in [0.25, 0.3) is 10.8 Å². The van der Waals surface area contributed by atoms with E-state index < -0.39 is 6.00 Å². The first-order chi connectivity index (χ1) is 10.6. The van der Waals surface area contributed by atoms with Crippen LogP contribution in [0.15, 0.2) is 60.7 Å². The van der Waals surface area contributed by atoms with Crippen LogP contribution in [0.1, 0.15) is 27.8 Å². The Morgan fingerprint density at radius 2 is 1.50 bits per heavy atom. The van der Waals surface area contributed by atoms with Crippen molar-refractivity contribution in [2.45, 2.75) is 12.0 Å². The third-order valence-corrected chi connectivity index (χ3v) is 7.64. The van der Waals surface area contributed by atoms with E-state index in [9.17, 15) is 0 Å². The van der Waals surface area contributed by atoms with Crippen molar-refractivity contribution in [2.75, 3.05) is 0 Å². The average molecular weight is 364 g/mol. The van der Waals surface area contributed by atoms with Gasteiger partial charge in [0.2, 0.25) is 0 Å². The lowest BCUT2D eigenvalue weighted by Crippen LogP contribution is -2.29. The van der Waals surface area contributed by atoms with Crippen molar-refractivity contribution in [2.24, 2.45) is 0 Å². The topological polar surface area (TPSA) is 0 Å². The van der Waals surface area contributed by atoms with Gasteiger partial charge in [-0.1, -0.05) is 60.7 Å². The Balaban J connectivity index is 2.08. The Morgan fingerprint density at radius 3 is 2.32 bits per heavy atom. The van der Waals surface area contributed by atoms with Crippen LogP contribution in [0.4, 0.5) is 0 Å². The van der Waals surface area contributed by atoms with Gasteiger partial charge in [-0.05, 0) is 39.4 Å². The number of hydrogen-bond acceptors (Lipinski definition) is 0. The lowest BCUT2D eigenvalue weighted by molar-refractivity contribution is 0.979. The van der Waals surface area contributed by atoms with Crippen molar-refractivity contribution in [3.8, 4) is 0 Å². The molecule has 0 aliphatic heterocycles. The Labute approximate surface area is 144 Å². The summed E-state index contributed by atoms with van der Waals surface area (Å²) in [5.74, 6) is 0. The Bertz CT molecular complexity index is 868. The predicted octanol–water partition coefficient (Wildman–Crippen LogP) is 6.07. The zero-order valence-electron chi connectivity index (χ0n) is 11.7. The van der Waals surface area contributed by atoms with E-state index in [1.54, 1.807) is 0 Å². The van der Waals surface area contributed by atoms with Crippen molar-refractivity contribution in [1.29, 1.82) is 0 Å². The first-order valence-corrected chi connectivity index (χ1v) is 12.3. The van der Waals surface area contributed by atoms with Crippen LogP contribution in [0, 0.1) is 0 Å². The molecule has 0 saturated heterocycles. The van der Waals surface area contributed by atoms with Gasteiger partial charge < -0.3 is 0 Å². The minimum atomic E-state index is -2.96. The molecule has 1 aliphatic rings. The molecule has 4 heteroatoms. The van der Waals surface area contributed by atoms with Gasteiger partial charge in [-0.3, -0.25) is 0 Å². The van der Waals surface area contributed by atoms with Crippen LogP contribution in [0.3, 0.4) is 0 Å². The molecule has 1 unspecified atom stereocenters. The zero-order valence-corrected chi connectivity index (χ0v) is 15.0. The first kappa shape index (κ1) is 14.6. The summed E-state index contributed by atoms with van der Waals surface area (Å²) in [6.07, 6.45) is 0.905. The highest BCUT2D eigenvalue weighted by Gasteiger charge is 2.43. The predicted molar refractivity (Wildman–Crippen MR) is 98.4 cm³/mol. The van der Waals surface area contributed by atoms with Gasteiger partial charge in [-0.15, -0.1) is 33.2 Å². The average Bonchev–Trinajstić information content (AvgIpc) is 2.51. The van der Waals surface area contributed by atoms with Gasteiger partial charge in [0.1, 0.15) is 0 Å². The van der Waals surface area contributed by atoms with Crippen LogP contribution >= 0.6 is 33.2 Å². The van der Waals surface area contributed by atoms with E-state index in [4.69, 9.17) is 33.2 Å². The van der Waals surface area contributed by atoms with E-state index in [1.807, 2.05) is 12.1 Å². The van der Waals surface area contributed by atoms with Gasteiger partial charge >= 0.3 is 6.00 Å².